The number of nitrogen functional groups attached to an aromatic ring is 1. The molecule has 0 aliphatic heterocycles. The molecule has 0 spiro atoms. The van der Waals surface area contributed by atoms with Crippen LogP contribution in [-0.2, 0) is 0 Å². The van der Waals surface area contributed by atoms with Crippen LogP contribution in [0, 0.1) is 5.41 Å². The van der Waals surface area contributed by atoms with Crippen LogP contribution in [0.15, 0.2) is 66.7 Å². The van der Waals surface area contributed by atoms with Gasteiger partial charge in [0.25, 0.3) is 0 Å². The van der Waals surface area contributed by atoms with Crippen LogP contribution < -0.4 is 16.4 Å². The molecule has 4 aromatic carbocycles. The first-order valence-corrected chi connectivity index (χ1v) is 8.80. The fourth-order valence-corrected chi connectivity index (χ4v) is 3.99. The van der Waals surface area contributed by atoms with Gasteiger partial charge in [-0.1, -0.05) is 60.7 Å². The van der Waals surface area contributed by atoms with Gasteiger partial charge in [-0.3, -0.25) is 10.3 Å². The first-order valence-electron chi connectivity index (χ1n) is 8.80. The zero-order chi connectivity index (χ0) is 18.5. The SMILES string of the molecule is N=C(N)N(c1ccc2cccc3c2c1C=C3)c1ccc(N)c2ccccc12. The van der Waals surface area contributed by atoms with Crippen molar-refractivity contribution in [1.29, 1.82) is 5.41 Å². The van der Waals surface area contributed by atoms with Gasteiger partial charge in [0, 0.05) is 22.0 Å². The summed E-state index contributed by atoms with van der Waals surface area (Å²) in [7, 11) is 0. The molecule has 0 atom stereocenters. The third-order valence-electron chi connectivity index (χ3n) is 5.18. The minimum Gasteiger partial charge on any atom is -0.398 e. The van der Waals surface area contributed by atoms with Crippen LogP contribution in [0.2, 0.25) is 0 Å². The molecule has 0 heterocycles. The van der Waals surface area contributed by atoms with E-state index in [0.29, 0.717) is 5.69 Å². The van der Waals surface area contributed by atoms with Crippen molar-refractivity contribution < 1.29 is 0 Å². The van der Waals surface area contributed by atoms with Gasteiger partial charge >= 0.3 is 0 Å². The van der Waals surface area contributed by atoms with Crippen LogP contribution in [0.4, 0.5) is 17.1 Å². The molecule has 5 N–H and O–H groups in total. The Balaban J connectivity index is 1.82. The van der Waals surface area contributed by atoms with Crippen LogP contribution >= 0.6 is 0 Å². The maximum atomic E-state index is 8.30. The second-order valence-electron chi connectivity index (χ2n) is 6.72. The van der Waals surface area contributed by atoms with E-state index in [0.717, 1.165) is 27.7 Å². The molecule has 0 saturated carbocycles. The van der Waals surface area contributed by atoms with Gasteiger partial charge in [0.05, 0.1) is 11.4 Å². The van der Waals surface area contributed by atoms with E-state index in [9.17, 15) is 0 Å². The number of nitrogens with two attached hydrogens (primary N) is 2. The Labute approximate surface area is 156 Å². The standard InChI is InChI=1S/C23H18N4/c24-19-11-13-20(17-7-2-1-6-16(17)19)27(23(25)26)21-12-9-15-5-3-4-14-8-10-18(21)22(14)15/h1-13H,24H2,(H3,25,26). The lowest BCUT2D eigenvalue weighted by Gasteiger charge is -2.26. The monoisotopic (exact) mass is 350 g/mol. The molecule has 4 nitrogen and oxygen atoms in total. The molecule has 1 aliphatic carbocycles. The third kappa shape index (κ3) is 2.20. The summed E-state index contributed by atoms with van der Waals surface area (Å²) in [6.07, 6.45) is 4.21. The summed E-state index contributed by atoms with van der Waals surface area (Å²) in [5, 5.41) is 12.6. The van der Waals surface area contributed by atoms with Crippen molar-refractivity contribution in [3.8, 4) is 0 Å². The topological polar surface area (TPSA) is 79.1 Å². The summed E-state index contributed by atoms with van der Waals surface area (Å²) < 4.78 is 0. The molecule has 0 aromatic heterocycles. The molecule has 4 aromatic rings. The number of nitrogens with one attached hydrogen (secondary N) is 1. The molecule has 0 radical (unpaired) electrons. The molecule has 1 aliphatic rings. The zero-order valence-corrected chi connectivity index (χ0v) is 14.6. The number of nitrogens with zero attached hydrogens (tertiary/aromatic N) is 1. The van der Waals surface area contributed by atoms with Gasteiger partial charge in [0.2, 0.25) is 0 Å². The van der Waals surface area contributed by atoms with E-state index in [1.165, 1.54) is 16.3 Å². The Morgan fingerprint density at radius 1 is 0.778 bits per heavy atom. The molecule has 0 amide bonds. The van der Waals surface area contributed by atoms with Gasteiger partial charge in [-0.05, 0) is 34.5 Å². The smallest absolute Gasteiger partial charge is 0.197 e. The molecule has 4 heteroatoms. The molecule has 0 unspecified atom stereocenters. The van der Waals surface area contributed by atoms with Crippen molar-refractivity contribution >= 4 is 56.7 Å². The summed E-state index contributed by atoms with van der Waals surface area (Å²) >= 11 is 0. The van der Waals surface area contributed by atoms with E-state index in [1.54, 1.807) is 4.90 Å². The Morgan fingerprint density at radius 3 is 2.37 bits per heavy atom. The highest BCUT2D eigenvalue weighted by molar-refractivity contribution is 6.15. The number of hydrogen-bond donors (Lipinski definition) is 3. The summed E-state index contributed by atoms with van der Waals surface area (Å²) in [5.41, 5.74) is 17.0. The van der Waals surface area contributed by atoms with Crippen molar-refractivity contribution in [2.45, 2.75) is 0 Å². The van der Waals surface area contributed by atoms with Gasteiger partial charge in [-0.2, -0.15) is 0 Å². The lowest BCUT2D eigenvalue weighted by Crippen LogP contribution is -2.33. The molecule has 0 fully saturated rings. The first kappa shape index (κ1) is 15.5. The molecular formula is C23H18N4. The maximum Gasteiger partial charge on any atom is 0.197 e. The van der Waals surface area contributed by atoms with Crippen LogP contribution in [0.25, 0.3) is 33.7 Å². The number of hydrogen-bond acceptors (Lipinski definition) is 2. The van der Waals surface area contributed by atoms with Crippen LogP contribution in [-0.4, -0.2) is 5.96 Å². The van der Waals surface area contributed by atoms with Gasteiger partial charge in [-0.15, -0.1) is 0 Å². The summed E-state index contributed by atoms with van der Waals surface area (Å²) in [6.45, 7) is 0. The van der Waals surface area contributed by atoms with Crippen LogP contribution in [0.1, 0.15) is 11.1 Å². The number of fused-ring (bicyclic) bond motifs is 1. The predicted molar refractivity (Wildman–Crippen MR) is 115 cm³/mol. The zero-order valence-electron chi connectivity index (χ0n) is 14.6. The molecule has 27 heavy (non-hydrogen) atoms. The summed E-state index contributed by atoms with van der Waals surface area (Å²) in [6, 6.07) is 22.1. The Bertz CT molecular complexity index is 1270. The van der Waals surface area contributed by atoms with Gasteiger partial charge in [-0.25, -0.2) is 0 Å². The molecule has 5 rings (SSSR count). The van der Waals surface area contributed by atoms with Crippen molar-refractivity contribution in [3.63, 3.8) is 0 Å². The molecule has 0 saturated heterocycles. The van der Waals surface area contributed by atoms with Crippen molar-refractivity contribution in [3.05, 3.63) is 77.9 Å². The fourth-order valence-electron chi connectivity index (χ4n) is 3.99. The highest BCUT2D eigenvalue weighted by Crippen LogP contribution is 2.42. The largest absolute Gasteiger partial charge is 0.398 e. The second-order valence-corrected chi connectivity index (χ2v) is 6.72. The average Bonchev–Trinajstić information content (AvgIpc) is 3.11. The quantitative estimate of drug-likeness (QED) is 0.236. The predicted octanol–water partition coefficient (Wildman–Crippen LogP) is 5.09. The van der Waals surface area contributed by atoms with Crippen LogP contribution in [0.5, 0.6) is 0 Å². The number of anilines is 3. The van der Waals surface area contributed by atoms with E-state index in [4.69, 9.17) is 16.9 Å². The fraction of sp³-hybridized carbons (Fsp3) is 0. The Hall–Kier alpha value is -3.79. The Morgan fingerprint density at radius 2 is 1.56 bits per heavy atom. The summed E-state index contributed by atoms with van der Waals surface area (Å²) in [4.78, 5) is 1.79. The van der Waals surface area contributed by atoms with Gasteiger partial charge < -0.3 is 11.5 Å². The average molecular weight is 350 g/mol. The molecule has 130 valence electrons. The molecule has 0 bridgehead atoms. The number of rotatable bonds is 2. The minimum absolute atomic E-state index is 0.0293. The van der Waals surface area contributed by atoms with Crippen molar-refractivity contribution in [2.75, 3.05) is 10.6 Å². The van der Waals surface area contributed by atoms with Crippen molar-refractivity contribution in [2.24, 2.45) is 5.73 Å². The minimum atomic E-state index is -0.0293. The normalized spacial score (nSPS) is 12.0. The number of benzene rings is 4. The first-order chi connectivity index (χ1) is 13.1. The highest BCUT2D eigenvalue weighted by Gasteiger charge is 2.22. The lowest BCUT2D eigenvalue weighted by molar-refractivity contribution is 1.27. The van der Waals surface area contributed by atoms with E-state index in [-0.39, 0.29) is 5.96 Å². The lowest BCUT2D eigenvalue weighted by atomic mass is 10.0. The third-order valence-corrected chi connectivity index (χ3v) is 5.18. The van der Waals surface area contributed by atoms with E-state index < -0.39 is 0 Å². The second kappa shape index (κ2) is 5.61. The van der Waals surface area contributed by atoms with E-state index in [2.05, 4.69) is 36.4 Å². The summed E-state index contributed by atoms with van der Waals surface area (Å²) in [5.74, 6) is -0.0293. The van der Waals surface area contributed by atoms with Crippen molar-refractivity contribution in [1.82, 2.24) is 0 Å². The Kier molecular flexibility index (Phi) is 3.21. The van der Waals surface area contributed by atoms with Crippen LogP contribution in [0.3, 0.4) is 0 Å². The highest BCUT2D eigenvalue weighted by atomic mass is 15.2. The molecular weight excluding hydrogens is 332 g/mol. The van der Waals surface area contributed by atoms with Gasteiger partial charge in [0.15, 0.2) is 5.96 Å². The van der Waals surface area contributed by atoms with E-state index in [1.807, 2.05) is 42.5 Å². The maximum absolute atomic E-state index is 8.30. The van der Waals surface area contributed by atoms with E-state index >= 15 is 0 Å². The van der Waals surface area contributed by atoms with Gasteiger partial charge in [0.1, 0.15) is 0 Å². The number of guanidine groups is 1.